The standard InChI is InChI=1S/C12H16FNO3.ClH/c1-3-17-12(15)7-10(14)8-4-5-11(16-2)9(13)6-8;/h4-6,10H,3,7,14H2,1-2H3;1H/t10-;/m1./s1. The van der Waals surface area contributed by atoms with E-state index in [2.05, 4.69) is 0 Å². The second kappa shape index (κ2) is 7.89. The molecule has 6 heteroatoms. The van der Waals surface area contributed by atoms with Crippen molar-refractivity contribution in [1.82, 2.24) is 0 Å². The highest BCUT2D eigenvalue weighted by Gasteiger charge is 2.14. The zero-order valence-corrected chi connectivity index (χ0v) is 11.1. The van der Waals surface area contributed by atoms with Crippen molar-refractivity contribution in [1.29, 1.82) is 0 Å². The first-order valence-electron chi connectivity index (χ1n) is 5.33. The minimum absolute atomic E-state index is 0. The molecule has 0 aliphatic carbocycles. The highest BCUT2D eigenvalue weighted by molar-refractivity contribution is 5.85. The smallest absolute Gasteiger partial charge is 0.307 e. The first-order valence-corrected chi connectivity index (χ1v) is 5.33. The lowest BCUT2D eigenvalue weighted by molar-refractivity contribution is -0.143. The van der Waals surface area contributed by atoms with Crippen molar-refractivity contribution < 1.29 is 18.7 Å². The largest absolute Gasteiger partial charge is 0.494 e. The third-order valence-corrected chi connectivity index (χ3v) is 2.30. The fourth-order valence-corrected chi connectivity index (χ4v) is 1.43. The van der Waals surface area contributed by atoms with Crippen LogP contribution in [0.4, 0.5) is 4.39 Å². The maximum Gasteiger partial charge on any atom is 0.307 e. The fourth-order valence-electron chi connectivity index (χ4n) is 1.43. The lowest BCUT2D eigenvalue weighted by Gasteiger charge is -2.12. The summed E-state index contributed by atoms with van der Waals surface area (Å²) in [5.74, 6) is -0.738. The van der Waals surface area contributed by atoms with Crippen LogP contribution in [0.1, 0.15) is 24.9 Å². The second-order valence-corrected chi connectivity index (χ2v) is 3.51. The Morgan fingerprint density at radius 2 is 2.17 bits per heavy atom. The summed E-state index contributed by atoms with van der Waals surface area (Å²) < 4.78 is 23.0. The van der Waals surface area contributed by atoms with Gasteiger partial charge in [0.05, 0.1) is 20.1 Å². The maximum absolute atomic E-state index is 13.4. The fraction of sp³-hybridized carbons (Fsp3) is 0.417. The summed E-state index contributed by atoms with van der Waals surface area (Å²) in [6.07, 6.45) is 0.0274. The zero-order chi connectivity index (χ0) is 12.8. The SMILES string of the molecule is CCOC(=O)C[C@@H](N)c1ccc(OC)c(F)c1.Cl. The first-order chi connectivity index (χ1) is 8.08. The molecule has 102 valence electrons. The molecule has 0 bridgehead atoms. The number of carbonyl (C=O) groups is 1. The Morgan fingerprint density at radius 3 is 2.67 bits per heavy atom. The van der Waals surface area contributed by atoms with Crippen molar-refractivity contribution in [2.45, 2.75) is 19.4 Å². The normalized spacial score (nSPS) is 11.3. The van der Waals surface area contributed by atoms with Gasteiger partial charge in [0.25, 0.3) is 0 Å². The average Bonchev–Trinajstić information content (AvgIpc) is 2.29. The number of rotatable bonds is 5. The van der Waals surface area contributed by atoms with Gasteiger partial charge in [0.2, 0.25) is 0 Å². The number of halogens is 2. The van der Waals surface area contributed by atoms with Crippen LogP contribution in [0.5, 0.6) is 5.75 Å². The van der Waals surface area contributed by atoms with Gasteiger partial charge in [0.15, 0.2) is 11.6 Å². The summed E-state index contributed by atoms with van der Waals surface area (Å²) in [5.41, 5.74) is 6.32. The maximum atomic E-state index is 13.4. The average molecular weight is 278 g/mol. The molecule has 1 atom stereocenters. The summed E-state index contributed by atoms with van der Waals surface area (Å²) in [7, 11) is 1.39. The Hall–Kier alpha value is -1.33. The molecule has 0 amide bonds. The number of hydrogen-bond donors (Lipinski definition) is 1. The van der Waals surface area contributed by atoms with Crippen LogP contribution in [0.2, 0.25) is 0 Å². The molecule has 0 aromatic heterocycles. The number of methoxy groups -OCH3 is 1. The van der Waals surface area contributed by atoms with Gasteiger partial charge in [0, 0.05) is 6.04 Å². The quantitative estimate of drug-likeness (QED) is 0.838. The van der Waals surface area contributed by atoms with Gasteiger partial charge in [0.1, 0.15) is 0 Å². The number of ether oxygens (including phenoxy) is 2. The molecule has 0 radical (unpaired) electrons. The van der Waals surface area contributed by atoms with E-state index in [1.54, 1.807) is 13.0 Å². The number of carbonyl (C=O) groups excluding carboxylic acids is 1. The topological polar surface area (TPSA) is 61.5 Å². The van der Waals surface area contributed by atoms with Crippen LogP contribution in [0.3, 0.4) is 0 Å². The predicted octanol–water partition coefficient (Wildman–Crippen LogP) is 2.21. The van der Waals surface area contributed by atoms with E-state index in [0.29, 0.717) is 12.2 Å². The molecule has 4 nitrogen and oxygen atoms in total. The minimum atomic E-state index is -0.575. The van der Waals surface area contributed by atoms with Crippen LogP contribution >= 0.6 is 12.4 Å². The summed E-state index contributed by atoms with van der Waals surface area (Å²) in [6.45, 7) is 2.03. The van der Waals surface area contributed by atoms with Crippen molar-refractivity contribution in [3.63, 3.8) is 0 Å². The molecule has 18 heavy (non-hydrogen) atoms. The molecule has 1 aromatic carbocycles. The van der Waals surface area contributed by atoms with Gasteiger partial charge >= 0.3 is 5.97 Å². The first kappa shape index (κ1) is 16.7. The van der Waals surface area contributed by atoms with Crippen molar-refractivity contribution in [3.05, 3.63) is 29.6 Å². The molecule has 0 saturated heterocycles. The molecule has 0 saturated carbocycles. The number of esters is 1. The van der Waals surface area contributed by atoms with Crippen LogP contribution < -0.4 is 10.5 Å². The molecule has 0 fully saturated rings. The number of nitrogens with two attached hydrogens (primary N) is 1. The van der Waals surface area contributed by atoms with Gasteiger partial charge in [-0.05, 0) is 24.6 Å². The molecule has 1 rings (SSSR count). The van der Waals surface area contributed by atoms with Crippen LogP contribution in [0, 0.1) is 5.82 Å². The second-order valence-electron chi connectivity index (χ2n) is 3.51. The van der Waals surface area contributed by atoms with E-state index in [4.69, 9.17) is 15.2 Å². The van der Waals surface area contributed by atoms with Crippen molar-refractivity contribution in [2.24, 2.45) is 5.73 Å². The van der Waals surface area contributed by atoms with E-state index < -0.39 is 17.8 Å². The van der Waals surface area contributed by atoms with Gasteiger partial charge < -0.3 is 15.2 Å². The summed E-state index contributed by atoms with van der Waals surface area (Å²) in [6, 6.07) is 3.80. The van der Waals surface area contributed by atoms with Crippen molar-refractivity contribution in [2.75, 3.05) is 13.7 Å². The van der Waals surface area contributed by atoms with Crippen molar-refractivity contribution in [3.8, 4) is 5.75 Å². The molecule has 1 aromatic rings. The third-order valence-electron chi connectivity index (χ3n) is 2.30. The lowest BCUT2D eigenvalue weighted by atomic mass is 10.0. The molecular formula is C12H17ClFNO3. The molecule has 0 heterocycles. The number of hydrogen-bond acceptors (Lipinski definition) is 4. The molecule has 0 spiro atoms. The van der Waals surface area contributed by atoms with Crippen LogP contribution in [-0.2, 0) is 9.53 Å². The van der Waals surface area contributed by atoms with Crippen LogP contribution in [0.15, 0.2) is 18.2 Å². The summed E-state index contributed by atoms with van der Waals surface area (Å²) in [5, 5.41) is 0. The molecule has 0 aliphatic rings. The monoisotopic (exact) mass is 277 g/mol. The van der Waals surface area contributed by atoms with Gasteiger partial charge in [-0.15, -0.1) is 12.4 Å². The molecular weight excluding hydrogens is 261 g/mol. The highest BCUT2D eigenvalue weighted by atomic mass is 35.5. The van der Waals surface area contributed by atoms with E-state index in [1.807, 2.05) is 0 Å². The van der Waals surface area contributed by atoms with Crippen molar-refractivity contribution >= 4 is 18.4 Å². The zero-order valence-electron chi connectivity index (χ0n) is 10.3. The Balaban J connectivity index is 0.00000289. The van der Waals surface area contributed by atoms with Gasteiger partial charge in [-0.3, -0.25) is 4.79 Å². The number of benzene rings is 1. The Labute approximate surface area is 112 Å². The summed E-state index contributed by atoms with van der Waals surface area (Å²) in [4.78, 5) is 11.2. The molecule has 2 N–H and O–H groups in total. The van der Waals surface area contributed by atoms with E-state index in [9.17, 15) is 9.18 Å². The molecule has 0 unspecified atom stereocenters. The summed E-state index contributed by atoms with van der Waals surface area (Å²) >= 11 is 0. The highest BCUT2D eigenvalue weighted by Crippen LogP contribution is 2.22. The Morgan fingerprint density at radius 1 is 1.50 bits per heavy atom. The van der Waals surface area contributed by atoms with Gasteiger partial charge in [-0.2, -0.15) is 0 Å². The van der Waals surface area contributed by atoms with E-state index >= 15 is 0 Å². The predicted molar refractivity (Wildman–Crippen MR) is 68.4 cm³/mol. The Bertz CT molecular complexity index is 401. The van der Waals surface area contributed by atoms with E-state index in [-0.39, 0.29) is 24.6 Å². The molecule has 0 aliphatic heterocycles. The Kier molecular flexibility index (Phi) is 7.31. The third kappa shape index (κ3) is 4.50. The van der Waals surface area contributed by atoms with Gasteiger partial charge in [-0.25, -0.2) is 4.39 Å². The van der Waals surface area contributed by atoms with Gasteiger partial charge in [-0.1, -0.05) is 6.07 Å². The lowest BCUT2D eigenvalue weighted by Crippen LogP contribution is -2.17. The van der Waals surface area contributed by atoms with Crippen LogP contribution in [0.25, 0.3) is 0 Å². The van der Waals surface area contributed by atoms with E-state index in [0.717, 1.165) is 0 Å². The van der Waals surface area contributed by atoms with E-state index in [1.165, 1.54) is 19.2 Å². The van der Waals surface area contributed by atoms with Crippen LogP contribution in [-0.4, -0.2) is 19.7 Å². The minimum Gasteiger partial charge on any atom is -0.494 e.